The van der Waals surface area contributed by atoms with Crippen LogP contribution in [0.3, 0.4) is 0 Å². The Morgan fingerprint density at radius 3 is 1.61 bits per heavy atom. The summed E-state index contributed by atoms with van der Waals surface area (Å²) in [6.45, 7) is 0. The van der Waals surface area contributed by atoms with Crippen molar-refractivity contribution in [3.8, 4) is 33.4 Å². The Morgan fingerprint density at radius 1 is 0.286 bits per heavy atom. The molecule has 11 aromatic rings. The predicted octanol–water partition coefficient (Wildman–Crippen LogP) is 15.5. The van der Waals surface area contributed by atoms with Crippen LogP contribution in [0.2, 0.25) is 0 Å². The van der Waals surface area contributed by atoms with E-state index in [2.05, 4.69) is 211 Å². The second kappa shape index (κ2) is 13.2. The fourth-order valence-electron chi connectivity index (χ4n) is 8.63. The molecule has 0 amide bonds. The van der Waals surface area contributed by atoms with Crippen molar-refractivity contribution in [2.75, 3.05) is 4.90 Å². The minimum Gasteiger partial charge on any atom is -0.456 e. The molecule has 0 atom stereocenters. The van der Waals surface area contributed by atoms with Crippen LogP contribution < -0.4 is 4.90 Å². The van der Waals surface area contributed by atoms with Crippen molar-refractivity contribution in [3.05, 3.63) is 212 Å². The topological polar surface area (TPSA) is 16.4 Å². The van der Waals surface area contributed by atoms with Gasteiger partial charge in [0.05, 0.1) is 5.69 Å². The standard InChI is InChI=1S/C54H35NO/c1-3-13-36(14-4-1)37-23-25-39(26-24-37)43-17-9-11-21-50(43)55(41-15-5-2-6-16-41)42-30-27-38(28-31-42)40-29-32-45-44-18-7-8-19-46(44)53-47(49(45)35-40)33-34-52-54(53)48-20-10-12-22-51(48)56-52/h1-35H. The van der Waals surface area contributed by atoms with E-state index >= 15 is 0 Å². The quantitative estimate of drug-likeness (QED) is 0.160. The first-order valence-corrected chi connectivity index (χ1v) is 19.2. The molecule has 1 heterocycles. The van der Waals surface area contributed by atoms with Gasteiger partial charge in [-0.2, -0.15) is 0 Å². The third-order valence-electron chi connectivity index (χ3n) is 11.3. The summed E-state index contributed by atoms with van der Waals surface area (Å²) in [5.41, 5.74) is 12.3. The van der Waals surface area contributed by atoms with E-state index in [4.69, 9.17) is 4.42 Å². The summed E-state index contributed by atoms with van der Waals surface area (Å²) in [5, 5.41) is 9.81. The molecule has 0 N–H and O–H groups in total. The SMILES string of the molecule is c1ccc(-c2ccc(-c3ccccc3N(c3ccccc3)c3ccc(-c4ccc5c6ccccc6c6c(ccc7oc8ccccc8c76)c5c4)cc3)cc2)cc1. The van der Waals surface area contributed by atoms with Gasteiger partial charge in [-0.05, 0) is 109 Å². The molecule has 2 nitrogen and oxygen atoms in total. The number of para-hydroxylation sites is 3. The summed E-state index contributed by atoms with van der Waals surface area (Å²) < 4.78 is 6.36. The molecule has 0 saturated heterocycles. The van der Waals surface area contributed by atoms with E-state index in [1.807, 2.05) is 6.07 Å². The molecular formula is C54H35NO. The van der Waals surface area contributed by atoms with Crippen molar-refractivity contribution >= 4 is 71.3 Å². The minimum absolute atomic E-state index is 0.918. The third kappa shape index (κ3) is 5.26. The summed E-state index contributed by atoms with van der Waals surface area (Å²) >= 11 is 0. The lowest BCUT2D eigenvalue weighted by Crippen LogP contribution is -2.11. The summed E-state index contributed by atoms with van der Waals surface area (Å²) in [5.74, 6) is 0. The van der Waals surface area contributed by atoms with Gasteiger partial charge in [0, 0.05) is 33.1 Å². The highest BCUT2D eigenvalue weighted by Crippen LogP contribution is 2.45. The van der Waals surface area contributed by atoms with Crippen LogP contribution in [0.5, 0.6) is 0 Å². The van der Waals surface area contributed by atoms with Gasteiger partial charge in [0.1, 0.15) is 11.2 Å². The Kier molecular flexibility index (Phi) is 7.53. The number of rotatable bonds is 6. The van der Waals surface area contributed by atoms with Crippen LogP contribution in [0, 0.1) is 0 Å². The highest BCUT2D eigenvalue weighted by Gasteiger charge is 2.19. The monoisotopic (exact) mass is 713 g/mol. The van der Waals surface area contributed by atoms with E-state index in [1.54, 1.807) is 0 Å². The molecule has 0 bridgehead atoms. The normalized spacial score (nSPS) is 11.6. The van der Waals surface area contributed by atoms with Crippen LogP contribution >= 0.6 is 0 Å². The molecule has 0 aliphatic heterocycles. The molecule has 0 aliphatic rings. The molecule has 0 aliphatic carbocycles. The average molecular weight is 714 g/mol. The zero-order chi connectivity index (χ0) is 37.0. The number of anilines is 3. The number of furan rings is 1. The zero-order valence-electron chi connectivity index (χ0n) is 30.6. The Morgan fingerprint density at radius 2 is 0.804 bits per heavy atom. The van der Waals surface area contributed by atoms with Gasteiger partial charge in [-0.3, -0.25) is 0 Å². The highest BCUT2D eigenvalue weighted by molar-refractivity contribution is 6.34. The van der Waals surface area contributed by atoms with Gasteiger partial charge < -0.3 is 9.32 Å². The van der Waals surface area contributed by atoms with Crippen LogP contribution in [0.4, 0.5) is 17.1 Å². The van der Waals surface area contributed by atoms with Crippen LogP contribution in [-0.2, 0) is 0 Å². The molecule has 0 fully saturated rings. The largest absolute Gasteiger partial charge is 0.456 e. The Bertz CT molecular complexity index is 3220. The molecular weight excluding hydrogens is 679 g/mol. The van der Waals surface area contributed by atoms with Crippen molar-refractivity contribution < 1.29 is 4.42 Å². The molecule has 10 aromatic carbocycles. The first-order chi connectivity index (χ1) is 27.8. The summed E-state index contributed by atoms with van der Waals surface area (Å²) in [6.07, 6.45) is 0. The maximum Gasteiger partial charge on any atom is 0.136 e. The minimum atomic E-state index is 0.918. The van der Waals surface area contributed by atoms with Crippen molar-refractivity contribution in [1.29, 1.82) is 0 Å². The Balaban J connectivity index is 1.03. The first kappa shape index (κ1) is 32.0. The predicted molar refractivity (Wildman–Crippen MR) is 237 cm³/mol. The van der Waals surface area contributed by atoms with E-state index in [9.17, 15) is 0 Å². The van der Waals surface area contributed by atoms with E-state index < -0.39 is 0 Å². The van der Waals surface area contributed by atoms with E-state index in [-0.39, 0.29) is 0 Å². The summed E-state index contributed by atoms with van der Waals surface area (Å²) in [4.78, 5) is 2.37. The van der Waals surface area contributed by atoms with Crippen LogP contribution in [0.1, 0.15) is 0 Å². The van der Waals surface area contributed by atoms with Crippen molar-refractivity contribution in [2.45, 2.75) is 0 Å². The van der Waals surface area contributed by atoms with Crippen LogP contribution in [0.15, 0.2) is 217 Å². The maximum absolute atomic E-state index is 6.36. The fraction of sp³-hybridized carbons (Fsp3) is 0. The lowest BCUT2D eigenvalue weighted by Gasteiger charge is -2.28. The Labute approximate surface area is 325 Å². The van der Waals surface area contributed by atoms with Gasteiger partial charge in [0.2, 0.25) is 0 Å². The third-order valence-corrected chi connectivity index (χ3v) is 11.3. The first-order valence-electron chi connectivity index (χ1n) is 19.2. The second-order valence-electron chi connectivity index (χ2n) is 14.4. The van der Waals surface area contributed by atoms with Crippen molar-refractivity contribution in [1.82, 2.24) is 0 Å². The number of nitrogens with zero attached hydrogens (tertiary/aromatic N) is 1. The number of hydrogen-bond donors (Lipinski definition) is 0. The molecule has 56 heavy (non-hydrogen) atoms. The highest BCUT2D eigenvalue weighted by atomic mass is 16.3. The van der Waals surface area contributed by atoms with Gasteiger partial charge >= 0.3 is 0 Å². The van der Waals surface area contributed by atoms with E-state index in [0.717, 1.165) is 33.6 Å². The molecule has 0 saturated carbocycles. The second-order valence-corrected chi connectivity index (χ2v) is 14.4. The summed E-state index contributed by atoms with van der Waals surface area (Å²) in [7, 11) is 0. The zero-order valence-corrected chi connectivity index (χ0v) is 30.6. The molecule has 11 rings (SSSR count). The fourth-order valence-corrected chi connectivity index (χ4v) is 8.63. The lowest BCUT2D eigenvalue weighted by atomic mass is 9.90. The van der Waals surface area contributed by atoms with Crippen molar-refractivity contribution in [2.24, 2.45) is 0 Å². The molecule has 0 spiro atoms. The smallest absolute Gasteiger partial charge is 0.136 e. The van der Waals surface area contributed by atoms with Gasteiger partial charge in [0.25, 0.3) is 0 Å². The lowest BCUT2D eigenvalue weighted by molar-refractivity contribution is 0.669. The van der Waals surface area contributed by atoms with Crippen LogP contribution in [0.25, 0.3) is 87.6 Å². The number of hydrogen-bond acceptors (Lipinski definition) is 2. The molecule has 1 aromatic heterocycles. The van der Waals surface area contributed by atoms with Crippen LogP contribution in [-0.4, -0.2) is 0 Å². The van der Waals surface area contributed by atoms with Gasteiger partial charge in [-0.25, -0.2) is 0 Å². The molecule has 262 valence electrons. The van der Waals surface area contributed by atoms with Gasteiger partial charge in [-0.15, -0.1) is 0 Å². The number of fused-ring (bicyclic) bond motifs is 10. The molecule has 0 unspecified atom stereocenters. The molecule has 0 radical (unpaired) electrons. The van der Waals surface area contributed by atoms with Gasteiger partial charge in [0.15, 0.2) is 0 Å². The van der Waals surface area contributed by atoms with E-state index in [0.29, 0.717) is 0 Å². The number of benzene rings is 10. The molecule has 2 heteroatoms. The maximum atomic E-state index is 6.36. The van der Waals surface area contributed by atoms with E-state index in [1.165, 1.54) is 71.1 Å². The van der Waals surface area contributed by atoms with Crippen molar-refractivity contribution in [3.63, 3.8) is 0 Å². The van der Waals surface area contributed by atoms with Gasteiger partial charge in [-0.1, -0.05) is 158 Å². The average Bonchev–Trinajstić information content (AvgIpc) is 3.66. The summed E-state index contributed by atoms with van der Waals surface area (Å²) in [6, 6.07) is 76.3. The Hall–Kier alpha value is -7.42.